The molecule has 6 heteroatoms. The van der Waals surface area contributed by atoms with E-state index in [2.05, 4.69) is 4.74 Å². The molecule has 0 aliphatic rings. The van der Waals surface area contributed by atoms with Crippen LogP contribution < -0.4 is 5.73 Å². The average molecular weight is 292 g/mol. The maximum atomic E-state index is 13.4. The first-order valence-corrected chi connectivity index (χ1v) is 5.54. The molecule has 0 radical (unpaired) electrons. The van der Waals surface area contributed by atoms with Crippen LogP contribution in [0.25, 0.3) is 0 Å². The first-order valence-electron chi connectivity index (χ1n) is 5.54. The standard InChI is InChI=1S/C13H18FNO3.ClH/c1-7-5-8(10(16)9(14)6-7)11(15)13(2,3)12(17)18-4;/h5-6,11,16H,15H2,1-4H3;1H/t11-;/m1./s1. The molecule has 4 nitrogen and oxygen atoms in total. The molecule has 0 saturated carbocycles. The Morgan fingerprint density at radius 3 is 2.47 bits per heavy atom. The van der Waals surface area contributed by atoms with E-state index in [1.807, 2.05) is 0 Å². The molecule has 1 aromatic rings. The number of carbonyl (C=O) groups is 1. The van der Waals surface area contributed by atoms with Gasteiger partial charge in [-0.1, -0.05) is 6.07 Å². The van der Waals surface area contributed by atoms with Gasteiger partial charge >= 0.3 is 5.97 Å². The number of hydrogen-bond donors (Lipinski definition) is 2. The summed E-state index contributed by atoms with van der Waals surface area (Å²) in [6, 6.07) is 1.91. The number of rotatable bonds is 3. The molecule has 1 atom stereocenters. The molecular formula is C13H19ClFNO3. The second-order valence-corrected chi connectivity index (χ2v) is 4.88. The van der Waals surface area contributed by atoms with E-state index in [-0.39, 0.29) is 18.0 Å². The van der Waals surface area contributed by atoms with Crippen LogP contribution in [-0.4, -0.2) is 18.2 Å². The zero-order chi connectivity index (χ0) is 14.1. The highest BCUT2D eigenvalue weighted by molar-refractivity contribution is 5.85. The molecule has 0 aliphatic carbocycles. The SMILES string of the molecule is COC(=O)C(C)(C)[C@H](N)c1cc(C)cc(F)c1O.Cl. The van der Waals surface area contributed by atoms with Gasteiger partial charge in [-0.15, -0.1) is 12.4 Å². The van der Waals surface area contributed by atoms with E-state index < -0.39 is 29.0 Å². The fraction of sp³-hybridized carbons (Fsp3) is 0.462. The van der Waals surface area contributed by atoms with Crippen LogP contribution in [0.4, 0.5) is 4.39 Å². The highest BCUT2D eigenvalue weighted by atomic mass is 35.5. The van der Waals surface area contributed by atoms with Crippen molar-refractivity contribution in [3.05, 3.63) is 29.1 Å². The highest BCUT2D eigenvalue weighted by Crippen LogP contribution is 2.38. The minimum atomic E-state index is -1.06. The van der Waals surface area contributed by atoms with Crippen molar-refractivity contribution in [2.45, 2.75) is 26.8 Å². The van der Waals surface area contributed by atoms with Gasteiger partial charge in [0.05, 0.1) is 12.5 Å². The summed E-state index contributed by atoms with van der Waals surface area (Å²) in [6.07, 6.45) is 0. The first-order chi connectivity index (χ1) is 8.21. The van der Waals surface area contributed by atoms with Gasteiger partial charge in [0.15, 0.2) is 11.6 Å². The summed E-state index contributed by atoms with van der Waals surface area (Å²) in [5.74, 6) is -1.79. The number of hydrogen-bond acceptors (Lipinski definition) is 4. The molecule has 0 aromatic heterocycles. The van der Waals surface area contributed by atoms with Gasteiger partial charge in [-0.2, -0.15) is 0 Å². The van der Waals surface area contributed by atoms with Crippen LogP contribution in [0, 0.1) is 18.2 Å². The number of aromatic hydroxyl groups is 1. The number of carbonyl (C=O) groups excluding carboxylic acids is 1. The lowest BCUT2D eigenvalue weighted by Crippen LogP contribution is -2.37. The molecule has 0 fully saturated rings. The zero-order valence-corrected chi connectivity index (χ0v) is 12.2. The van der Waals surface area contributed by atoms with Crippen LogP contribution in [-0.2, 0) is 9.53 Å². The van der Waals surface area contributed by atoms with Crippen LogP contribution >= 0.6 is 12.4 Å². The Labute approximate surface area is 118 Å². The van der Waals surface area contributed by atoms with E-state index >= 15 is 0 Å². The fourth-order valence-corrected chi connectivity index (χ4v) is 1.78. The van der Waals surface area contributed by atoms with Crippen molar-refractivity contribution in [3.8, 4) is 5.75 Å². The lowest BCUT2D eigenvalue weighted by atomic mass is 9.80. The second kappa shape index (κ2) is 6.21. The maximum absolute atomic E-state index is 13.4. The normalized spacial score (nSPS) is 12.5. The summed E-state index contributed by atoms with van der Waals surface area (Å²) in [6.45, 7) is 4.86. The molecule has 19 heavy (non-hydrogen) atoms. The molecule has 1 aromatic carbocycles. The van der Waals surface area contributed by atoms with Gasteiger partial charge in [-0.05, 0) is 32.4 Å². The largest absolute Gasteiger partial charge is 0.505 e. The number of benzene rings is 1. The van der Waals surface area contributed by atoms with Crippen molar-refractivity contribution >= 4 is 18.4 Å². The van der Waals surface area contributed by atoms with Crippen LogP contribution in [0.3, 0.4) is 0 Å². The Hall–Kier alpha value is -1.33. The summed E-state index contributed by atoms with van der Waals surface area (Å²) < 4.78 is 18.1. The van der Waals surface area contributed by atoms with Crippen molar-refractivity contribution in [3.63, 3.8) is 0 Å². The molecular weight excluding hydrogens is 273 g/mol. The number of methoxy groups -OCH3 is 1. The molecule has 0 aliphatic heterocycles. The van der Waals surface area contributed by atoms with Crippen LogP contribution in [0.2, 0.25) is 0 Å². The predicted molar refractivity (Wildman–Crippen MR) is 72.8 cm³/mol. The number of ether oxygens (including phenoxy) is 1. The van der Waals surface area contributed by atoms with E-state index in [0.717, 1.165) is 0 Å². The molecule has 0 saturated heterocycles. The van der Waals surface area contributed by atoms with E-state index in [0.29, 0.717) is 5.56 Å². The Morgan fingerprint density at radius 2 is 2.00 bits per heavy atom. The highest BCUT2D eigenvalue weighted by Gasteiger charge is 2.38. The van der Waals surface area contributed by atoms with Gasteiger partial charge in [-0.3, -0.25) is 4.79 Å². The van der Waals surface area contributed by atoms with E-state index in [4.69, 9.17) is 5.73 Å². The van der Waals surface area contributed by atoms with Gasteiger partial charge in [0, 0.05) is 11.6 Å². The third-order valence-electron chi connectivity index (χ3n) is 3.06. The van der Waals surface area contributed by atoms with E-state index in [1.165, 1.54) is 13.2 Å². The Balaban J connectivity index is 0.00000324. The van der Waals surface area contributed by atoms with Crippen molar-refractivity contribution in [2.24, 2.45) is 11.1 Å². The Kier molecular flexibility index (Phi) is 5.78. The smallest absolute Gasteiger partial charge is 0.313 e. The number of nitrogens with two attached hydrogens (primary N) is 1. The molecule has 108 valence electrons. The maximum Gasteiger partial charge on any atom is 0.313 e. The summed E-state index contributed by atoms with van der Waals surface area (Å²) in [5.41, 5.74) is 5.72. The molecule has 0 spiro atoms. The minimum absolute atomic E-state index is 0. The van der Waals surface area contributed by atoms with Crippen molar-refractivity contribution in [2.75, 3.05) is 7.11 Å². The lowest BCUT2D eigenvalue weighted by Gasteiger charge is -2.29. The van der Waals surface area contributed by atoms with Gasteiger partial charge < -0.3 is 15.6 Å². The molecule has 0 unspecified atom stereocenters. The van der Waals surface area contributed by atoms with Gasteiger partial charge in [0.1, 0.15) is 0 Å². The minimum Gasteiger partial charge on any atom is -0.505 e. The monoisotopic (exact) mass is 291 g/mol. The number of phenolic OH excluding ortho intramolecular Hbond substituents is 1. The summed E-state index contributed by atoms with van der Waals surface area (Å²) in [4.78, 5) is 11.7. The number of esters is 1. The molecule has 0 amide bonds. The lowest BCUT2D eigenvalue weighted by molar-refractivity contribution is -0.152. The Morgan fingerprint density at radius 1 is 1.47 bits per heavy atom. The number of halogens is 2. The average Bonchev–Trinajstić information content (AvgIpc) is 2.31. The third-order valence-corrected chi connectivity index (χ3v) is 3.06. The molecule has 0 heterocycles. The van der Waals surface area contributed by atoms with Crippen LogP contribution in [0.15, 0.2) is 12.1 Å². The predicted octanol–water partition coefficient (Wildman–Crippen LogP) is 2.46. The van der Waals surface area contributed by atoms with Gasteiger partial charge in [0.2, 0.25) is 0 Å². The topological polar surface area (TPSA) is 72.5 Å². The second-order valence-electron chi connectivity index (χ2n) is 4.88. The summed E-state index contributed by atoms with van der Waals surface area (Å²) in [7, 11) is 1.26. The fourth-order valence-electron chi connectivity index (χ4n) is 1.78. The van der Waals surface area contributed by atoms with E-state index in [1.54, 1.807) is 26.8 Å². The summed E-state index contributed by atoms with van der Waals surface area (Å²) in [5, 5.41) is 9.70. The molecule has 1 rings (SSSR count). The van der Waals surface area contributed by atoms with Crippen molar-refractivity contribution in [1.82, 2.24) is 0 Å². The number of phenols is 1. The van der Waals surface area contributed by atoms with Gasteiger partial charge in [0.25, 0.3) is 0 Å². The number of aryl methyl sites for hydroxylation is 1. The van der Waals surface area contributed by atoms with Gasteiger partial charge in [-0.25, -0.2) is 4.39 Å². The summed E-state index contributed by atoms with van der Waals surface area (Å²) >= 11 is 0. The Bertz CT molecular complexity index is 477. The van der Waals surface area contributed by atoms with Crippen molar-refractivity contribution in [1.29, 1.82) is 0 Å². The first kappa shape index (κ1) is 17.7. The third kappa shape index (κ3) is 3.36. The van der Waals surface area contributed by atoms with E-state index in [9.17, 15) is 14.3 Å². The molecule has 0 bridgehead atoms. The zero-order valence-electron chi connectivity index (χ0n) is 11.4. The quantitative estimate of drug-likeness (QED) is 0.839. The van der Waals surface area contributed by atoms with Crippen molar-refractivity contribution < 1.29 is 19.0 Å². The van der Waals surface area contributed by atoms with Crippen LogP contribution in [0.1, 0.15) is 31.0 Å². The van der Waals surface area contributed by atoms with Crippen LogP contribution in [0.5, 0.6) is 5.75 Å². The molecule has 3 N–H and O–H groups in total.